The van der Waals surface area contributed by atoms with Gasteiger partial charge in [0.15, 0.2) is 11.6 Å². The van der Waals surface area contributed by atoms with E-state index in [9.17, 15) is 27.7 Å². The number of nitrogens with zero attached hydrogens (tertiary/aromatic N) is 2. The topological polar surface area (TPSA) is 204 Å². The van der Waals surface area contributed by atoms with Crippen molar-refractivity contribution in [3.63, 3.8) is 0 Å². The quantitative estimate of drug-likeness (QED) is 0.0575. The number of hydrogen-bond donors (Lipinski definition) is 4. The third kappa shape index (κ3) is 6.33. The van der Waals surface area contributed by atoms with Gasteiger partial charge in [0.2, 0.25) is 0 Å². The summed E-state index contributed by atoms with van der Waals surface area (Å²) in [4.78, 5) is 36.6. The molecule has 0 radical (unpaired) electrons. The SMILES string of the molecule is CC(C)Oc1cc(NC(=O)Oc2cccc(S(=O)(=O)O)c2)c2c3c(nc(-c4cc(SOOO)ccc4O)nc13)-c1ccccc1C2=O. The number of nitrogens with one attached hydrogen (secondary N) is 1. The lowest BCUT2D eigenvalue weighted by Crippen LogP contribution is -2.21. The van der Waals surface area contributed by atoms with Gasteiger partial charge in [-0.2, -0.15) is 8.42 Å². The van der Waals surface area contributed by atoms with Gasteiger partial charge < -0.3 is 14.6 Å². The summed E-state index contributed by atoms with van der Waals surface area (Å²) in [5, 5.41) is 25.9. The normalized spacial score (nSPS) is 12.2. The molecule has 1 amide bonds. The van der Waals surface area contributed by atoms with Gasteiger partial charge in [-0.3, -0.25) is 14.7 Å². The van der Waals surface area contributed by atoms with Crippen molar-refractivity contribution in [2.24, 2.45) is 0 Å². The van der Waals surface area contributed by atoms with E-state index < -0.39 is 26.9 Å². The predicted octanol–water partition coefficient (Wildman–Crippen LogP) is 6.29. The fourth-order valence-electron chi connectivity index (χ4n) is 5.04. The Balaban J connectivity index is 1.54. The number of aromatic hydroxyl groups is 1. The molecule has 0 saturated heterocycles. The zero-order valence-corrected chi connectivity index (χ0v) is 26.0. The molecule has 1 aliphatic carbocycles. The second-order valence-corrected chi connectivity index (χ2v) is 12.5. The van der Waals surface area contributed by atoms with Crippen LogP contribution in [0.15, 0.2) is 82.6 Å². The van der Waals surface area contributed by atoms with Gasteiger partial charge in [-0.25, -0.2) is 20.0 Å². The van der Waals surface area contributed by atoms with Crippen molar-refractivity contribution in [2.45, 2.75) is 29.7 Å². The molecule has 5 aromatic rings. The van der Waals surface area contributed by atoms with Crippen LogP contribution < -0.4 is 14.8 Å². The zero-order valence-electron chi connectivity index (χ0n) is 24.3. The molecule has 0 bridgehead atoms. The lowest BCUT2D eigenvalue weighted by atomic mass is 9.85. The highest BCUT2D eigenvalue weighted by Crippen LogP contribution is 2.46. The molecule has 240 valence electrons. The molecule has 0 atom stereocenters. The molecule has 0 unspecified atom stereocenters. The number of ketones is 1. The van der Waals surface area contributed by atoms with E-state index in [2.05, 4.69) is 14.7 Å². The number of phenolic OH excluding ortho intramolecular Hbond substituents is 1. The first-order valence-corrected chi connectivity index (χ1v) is 15.9. The van der Waals surface area contributed by atoms with E-state index in [-0.39, 0.29) is 62.5 Å². The Bertz CT molecular complexity index is 2190. The maximum atomic E-state index is 14.0. The van der Waals surface area contributed by atoms with Crippen LogP contribution in [0.2, 0.25) is 0 Å². The monoisotopic (exact) mass is 677 g/mol. The molecule has 4 N–H and O–H groups in total. The molecule has 14 nitrogen and oxygen atoms in total. The summed E-state index contributed by atoms with van der Waals surface area (Å²) in [6, 6.07) is 17.2. The third-order valence-electron chi connectivity index (χ3n) is 6.87. The summed E-state index contributed by atoms with van der Waals surface area (Å²) in [6.45, 7) is 3.54. The Labute approximate surface area is 270 Å². The fourth-order valence-corrected chi connectivity index (χ4v) is 5.95. The average Bonchev–Trinajstić information content (AvgIpc) is 3.03. The Morgan fingerprint density at radius 3 is 2.45 bits per heavy atom. The number of benzene rings is 4. The van der Waals surface area contributed by atoms with Crippen molar-refractivity contribution in [2.75, 3.05) is 5.32 Å². The number of amides is 1. The highest BCUT2D eigenvalue weighted by Gasteiger charge is 2.33. The van der Waals surface area contributed by atoms with Crippen LogP contribution in [0.1, 0.15) is 29.8 Å². The summed E-state index contributed by atoms with van der Waals surface area (Å²) in [6.07, 6.45) is -1.45. The summed E-state index contributed by atoms with van der Waals surface area (Å²) in [5.74, 6) is -0.568. The highest BCUT2D eigenvalue weighted by atomic mass is 32.2. The average molecular weight is 678 g/mol. The highest BCUT2D eigenvalue weighted by molar-refractivity contribution is 7.94. The van der Waals surface area contributed by atoms with Crippen LogP contribution in [-0.4, -0.2) is 51.3 Å². The lowest BCUT2D eigenvalue weighted by molar-refractivity contribution is -0.432. The molecule has 16 heteroatoms. The number of phenols is 1. The second-order valence-electron chi connectivity index (χ2n) is 10.3. The van der Waals surface area contributed by atoms with Crippen LogP contribution >= 0.6 is 12.0 Å². The van der Waals surface area contributed by atoms with Crippen molar-refractivity contribution < 1.29 is 51.8 Å². The third-order valence-corrected chi connectivity index (χ3v) is 8.30. The molecule has 4 aromatic carbocycles. The number of carbonyl (C=O) groups excluding carboxylic acids is 2. The van der Waals surface area contributed by atoms with E-state index >= 15 is 0 Å². The van der Waals surface area contributed by atoms with Crippen molar-refractivity contribution in [3.05, 3.63) is 83.9 Å². The Kier molecular flexibility index (Phi) is 8.54. The van der Waals surface area contributed by atoms with Crippen LogP contribution in [0, 0.1) is 0 Å². The van der Waals surface area contributed by atoms with Crippen LogP contribution in [0.5, 0.6) is 17.2 Å². The summed E-state index contributed by atoms with van der Waals surface area (Å²) in [5.41, 5.74) is 1.52. The van der Waals surface area contributed by atoms with Crippen LogP contribution in [-0.2, 0) is 19.5 Å². The van der Waals surface area contributed by atoms with Gasteiger partial charge in [0.1, 0.15) is 22.8 Å². The Morgan fingerprint density at radius 2 is 1.72 bits per heavy atom. The van der Waals surface area contributed by atoms with E-state index in [0.29, 0.717) is 28.2 Å². The van der Waals surface area contributed by atoms with Crippen molar-refractivity contribution in [1.82, 2.24) is 9.97 Å². The standard InChI is InChI=1S/C31H23N3O11S2/c1-15(2)42-24-14-22(32-31(37)43-16-6-5-7-18(12-16)47(39,40)41)25-26-27(19-8-3-4-9-20(19)29(25)36)33-30(34-28(24)26)21-13-17(46-45-44-38)10-11-23(21)35/h3-15,35,38H,1-2H3,(H,32,37)(H,39,40,41). The molecular formula is C31H23N3O11S2. The largest absolute Gasteiger partial charge is 0.507 e. The lowest BCUT2D eigenvalue weighted by Gasteiger charge is -2.24. The number of carbonyl (C=O) groups is 2. The Morgan fingerprint density at radius 1 is 0.957 bits per heavy atom. The van der Waals surface area contributed by atoms with Crippen LogP contribution in [0.3, 0.4) is 0 Å². The first-order chi connectivity index (χ1) is 22.4. The number of aromatic nitrogens is 2. The van der Waals surface area contributed by atoms with E-state index in [0.717, 1.165) is 12.1 Å². The first-order valence-electron chi connectivity index (χ1n) is 13.7. The van der Waals surface area contributed by atoms with Gasteiger partial charge >= 0.3 is 6.09 Å². The molecule has 0 spiro atoms. The van der Waals surface area contributed by atoms with Gasteiger partial charge in [0, 0.05) is 33.5 Å². The molecule has 0 fully saturated rings. The molecule has 1 aromatic heterocycles. The molecule has 0 aliphatic heterocycles. The molecule has 0 saturated carbocycles. The molecular weight excluding hydrogens is 654 g/mol. The smallest absolute Gasteiger partial charge is 0.417 e. The van der Waals surface area contributed by atoms with Crippen molar-refractivity contribution in [1.29, 1.82) is 0 Å². The Hall–Kier alpha value is -5.10. The zero-order chi connectivity index (χ0) is 33.5. The maximum absolute atomic E-state index is 14.0. The van der Waals surface area contributed by atoms with Gasteiger partial charge in [-0.1, -0.05) is 35.4 Å². The summed E-state index contributed by atoms with van der Waals surface area (Å²) >= 11 is 0.673. The molecule has 6 rings (SSSR count). The fraction of sp³-hybridized carbons (Fsp3) is 0.0968. The van der Waals surface area contributed by atoms with Gasteiger partial charge in [-0.15, -0.1) is 4.33 Å². The number of anilines is 1. The number of rotatable bonds is 9. The molecule has 1 aliphatic rings. The van der Waals surface area contributed by atoms with Crippen LogP contribution in [0.25, 0.3) is 33.5 Å². The minimum Gasteiger partial charge on any atom is -0.507 e. The summed E-state index contributed by atoms with van der Waals surface area (Å²) in [7, 11) is -4.56. The van der Waals surface area contributed by atoms with E-state index in [1.165, 1.54) is 36.4 Å². The van der Waals surface area contributed by atoms with Gasteiger partial charge in [0.05, 0.1) is 45.6 Å². The van der Waals surface area contributed by atoms with Crippen molar-refractivity contribution >= 4 is 50.6 Å². The number of hydrogen-bond acceptors (Lipinski definition) is 13. The number of fused-ring (bicyclic) bond motifs is 2. The predicted molar refractivity (Wildman–Crippen MR) is 168 cm³/mol. The van der Waals surface area contributed by atoms with Crippen LogP contribution in [0.4, 0.5) is 10.5 Å². The van der Waals surface area contributed by atoms with Gasteiger partial charge in [-0.05, 0) is 44.2 Å². The number of ether oxygens (including phenoxy) is 2. The van der Waals surface area contributed by atoms with E-state index in [4.69, 9.17) is 24.7 Å². The minimum absolute atomic E-state index is 0.00332. The van der Waals surface area contributed by atoms with E-state index in [1.54, 1.807) is 38.1 Å². The molecule has 47 heavy (non-hydrogen) atoms. The summed E-state index contributed by atoms with van der Waals surface area (Å²) < 4.78 is 48.4. The second kappa shape index (κ2) is 12.6. The van der Waals surface area contributed by atoms with Gasteiger partial charge in [0.25, 0.3) is 10.1 Å². The van der Waals surface area contributed by atoms with E-state index in [1.807, 2.05) is 0 Å². The molecule has 1 heterocycles. The minimum atomic E-state index is -4.56. The van der Waals surface area contributed by atoms with Crippen molar-refractivity contribution in [3.8, 4) is 39.9 Å². The maximum Gasteiger partial charge on any atom is 0.417 e. The first kappa shape index (κ1) is 31.9.